The van der Waals surface area contributed by atoms with Crippen LogP contribution in [0.3, 0.4) is 0 Å². The van der Waals surface area contributed by atoms with Gasteiger partial charge in [0.1, 0.15) is 10.4 Å². The van der Waals surface area contributed by atoms with E-state index in [9.17, 15) is 0 Å². The molecule has 0 aliphatic rings. The van der Waals surface area contributed by atoms with Crippen LogP contribution in [-0.4, -0.2) is 19.7 Å². The van der Waals surface area contributed by atoms with Gasteiger partial charge in [0.2, 0.25) is 5.95 Å². The van der Waals surface area contributed by atoms with E-state index in [-0.39, 0.29) is 0 Å². The monoisotopic (exact) mass is 282 g/mol. The summed E-state index contributed by atoms with van der Waals surface area (Å²) in [5.41, 5.74) is 6.65. The molecule has 0 aromatic carbocycles. The van der Waals surface area contributed by atoms with Gasteiger partial charge in [0.05, 0.1) is 6.20 Å². The molecule has 0 aliphatic carbocycles. The quantitative estimate of drug-likeness (QED) is 0.826. The number of nitrogens with one attached hydrogen (secondary N) is 1. The molecule has 6 nitrogen and oxygen atoms in total. The average Bonchev–Trinajstić information content (AvgIpc) is 2.60. The SMILES string of the molecule is Cn1cc(CNc2nc(N)cc(Br)n2)cn1. The Morgan fingerprint density at radius 1 is 1.50 bits per heavy atom. The molecule has 2 aromatic rings. The van der Waals surface area contributed by atoms with Crippen molar-refractivity contribution in [3.63, 3.8) is 0 Å². The van der Waals surface area contributed by atoms with E-state index in [1.807, 2.05) is 13.2 Å². The molecule has 0 unspecified atom stereocenters. The number of nitrogens with zero attached hydrogens (tertiary/aromatic N) is 4. The van der Waals surface area contributed by atoms with Gasteiger partial charge in [-0.15, -0.1) is 0 Å². The Morgan fingerprint density at radius 3 is 2.94 bits per heavy atom. The molecule has 0 saturated heterocycles. The van der Waals surface area contributed by atoms with Crippen LogP contribution in [-0.2, 0) is 13.6 Å². The Morgan fingerprint density at radius 2 is 2.31 bits per heavy atom. The Kier molecular flexibility index (Phi) is 3.04. The van der Waals surface area contributed by atoms with Gasteiger partial charge in [0, 0.05) is 31.4 Å². The lowest BCUT2D eigenvalue weighted by Gasteiger charge is -2.03. The summed E-state index contributed by atoms with van der Waals surface area (Å²) in [6.45, 7) is 0.615. The number of halogens is 1. The maximum Gasteiger partial charge on any atom is 0.225 e. The maximum absolute atomic E-state index is 5.59. The highest BCUT2D eigenvalue weighted by molar-refractivity contribution is 9.10. The van der Waals surface area contributed by atoms with Crippen molar-refractivity contribution in [2.45, 2.75) is 6.54 Å². The minimum absolute atomic E-state index is 0.426. The third kappa shape index (κ3) is 2.69. The van der Waals surface area contributed by atoms with E-state index in [0.29, 0.717) is 22.9 Å². The highest BCUT2D eigenvalue weighted by Gasteiger charge is 2.01. The van der Waals surface area contributed by atoms with Crippen LogP contribution in [0.4, 0.5) is 11.8 Å². The summed E-state index contributed by atoms with van der Waals surface area (Å²) < 4.78 is 2.40. The molecule has 3 N–H and O–H groups in total. The number of nitrogens with two attached hydrogens (primary N) is 1. The molecule has 7 heteroatoms. The predicted molar refractivity (Wildman–Crippen MR) is 64.7 cm³/mol. The Hall–Kier alpha value is -1.63. The standard InChI is InChI=1S/C9H11BrN6/c1-16-5-6(4-13-16)3-12-9-14-7(10)2-8(11)15-9/h2,4-5H,3H2,1H3,(H3,11,12,14,15). The van der Waals surface area contributed by atoms with Crippen molar-refractivity contribution in [1.29, 1.82) is 0 Å². The van der Waals surface area contributed by atoms with Gasteiger partial charge in [0.15, 0.2) is 0 Å². The second-order valence-electron chi connectivity index (χ2n) is 3.31. The first-order chi connectivity index (χ1) is 7.63. The number of hydrogen-bond acceptors (Lipinski definition) is 5. The zero-order valence-corrected chi connectivity index (χ0v) is 10.3. The van der Waals surface area contributed by atoms with Crippen LogP contribution in [0, 0.1) is 0 Å². The van der Waals surface area contributed by atoms with E-state index in [4.69, 9.17) is 5.73 Å². The molecule has 0 amide bonds. The van der Waals surface area contributed by atoms with Gasteiger partial charge in [-0.05, 0) is 15.9 Å². The molecule has 0 spiro atoms. The van der Waals surface area contributed by atoms with Crippen LogP contribution < -0.4 is 11.1 Å². The van der Waals surface area contributed by atoms with E-state index in [2.05, 4.69) is 36.3 Å². The van der Waals surface area contributed by atoms with Gasteiger partial charge in [-0.1, -0.05) is 0 Å². The minimum Gasteiger partial charge on any atom is -0.383 e. The zero-order valence-electron chi connectivity index (χ0n) is 8.68. The largest absolute Gasteiger partial charge is 0.383 e. The Balaban J connectivity index is 2.04. The first-order valence-electron chi connectivity index (χ1n) is 4.65. The van der Waals surface area contributed by atoms with Crippen LogP contribution in [0.5, 0.6) is 0 Å². The maximum atomic E-state index is 5.59. The van der Waals surface area contributed by atoms with E-state index >= 15 is 0 Å². The van der Waals surface area contributed by atoms with Crippen molar-refractivity contribution in [2.75, 3.05) is 11.1 Å². The Bertz CT molecular complexity index is 474. The second kappa shape index (κ2) is 4.48. The molecular formula is C9H11BrN6. The molecule has 2 rings (SSSR count). The number of anilines is 2. The molecule has 0 saturated carbocycles. The number of aryl methyl sites for hydroxylation is 1. The molecular weight excluding hydrogens is 272 g/mol. The number of nitrogen functional groups attached to an aromatic ring is 1. The molecule has 2 aromatic heterocycles. The summed E-state index contributed by atoms with van der Waals surface area (Å²) >= 11 is 3.26. The fraction of sp³-hybridized carbons (Fsp3) is 0.222. The summed E-state index contributed by atoms with van der Waals surface area (Å²) in [5, 5.41) is 7.14. The lowest BCUT2D eigenvalue weighted by atomic mass is 10.4. The van der Waals surface area contributed by atoms with Crippen molar-refractivity contribution in [3.8, 4) is 0 Å². The third-order valence-electron chi connectivity index (χ3n) is 1.92. The van der Waals surface area contributed by atoms with Crippen molar-refractivity contribution < 1.29 is 0 Å². The van der Waals surface area contributed by atoms with Gasteiger partial charge < -0.3 is 11.1 Å². The van der Waals surface area contributed by atoms with Crippen LogP contribution in [0.25, 0.3) is 0 Å². The molecule has 0 bridgehead atoms. The lowest BCUT2D eigenvalue weighted by molar-refractivity contribution is 0.767. The topological polar surface area (TPSA) is 81.7 Å². The summed E-state index contributed by atoms with van der Waals surface area (Å²) in [7, 11) is 1.87. The zero-order chi connectivity index (χ0) is 11.5. The molecule has 0 atom stereocenters. The highest BCUT2D eigenvalue weighted by Crippen LogP contribution is 2.12. The fourth-order valence-electron chi connectivity index (χ4n) is 1.26. The molecule has 0 aliphatic heterocycles. The molecule has 84 valence electrons. The average molecular weight is 283 g/mol. The van der Waals surface area contributed by atoms with Gasteiger partial charge in [-0.25, -0.2) is 4.98 Å². The van der Waals surface area contributed by atoms with Crippen LogP contribution >= 0.6 is 15.9 Å². The Labute approximate surface area is 101 Å². The van der Waals surface area contributed by atoms with Gasteiger partial charge >= 0.3 is 0 Å². The molecule has 16 heavy (non-hydrogen) atoms. The van der Waals surface area contributed by atoms with E-state index in [1.165, 1.54) is 0 Å². The van der Waals surface area contributed by atoms with Crippen molar-refractivity contribution >= 4 is 27.7 Å². The highest BCUT2D eigenvalue weighted by atomic mass is 79.9. The third-order valence-corrected chi connectivity index (χ3v) is 2.33. The predicted octanol–water partition coefficient (Wildman–Crippen LogP) is 1.17. The molecule has 0 fully saturated rings. The number of aromatic nitrogens is 4. The van der Waals surface area contributed by atoms with Crippen LogP contribution in [0.1, 0.15) is 5.56 Å². The van der Waals surface area contributed by atoms with Gasteiger partial charge in [-0.2, -0.15) is 10.1 Å². The van der Waals surface area contributed by atoms with E-state index in [0.717, 1.165) is 5.56 Å². The van der Waals surface area contributed by atoms with Crippen LogP contribution in [0.15, 0.2) is 23.1 Å². The summed E-state index contributed by atoms with van der Waals surface area (Å²) in [6, 6.07) is 1.65. The summed E-state index contributed by atoms with van der Waals surface area (Å²) in [5.74, 6) is 0.922. The minimum atomic E-state index is 0.426. The fourth-order valence-corrected chi connectivity index (χ4v) is 1.66. The van der Waals surface area contributed by atoms with Crippen molar-refractivity contribution in [2.24, 2.45) is 7.05 Å². The normalized spacial score (nSPS) is 10.4. The smallest absolute Gasteiger partial charge is 0.225 e. The first-order valence-corrected chi connectivity index (χ1v) is 5.44. The lowest BCUT2D eigenvalue weighted by Crippen LogP contribution is -2.04. The van der Waals surface area contributed by atoms with Gasteiger partial charge in [0.25, 0.3) is 0 Å². The second-order valence-corrected chi connectivity index (χ2v) is 4.13. The van der Waals surface area contributed by atoms with Gasteiger partial charge in [-0.3, -0.25) is 4.68 Å². The first kappa shape index (κ1) is 10.9. The summed E-state index contributed by atoms with van der Waals surface area (Å²) in [4.78, 5) is 8.20. The number of hydrogen-bond donors (Lipinski definition) is 2. The summed E-state index contributed by atoms with van der Waals surface area (Å²) in [6.07, 6.45) is 3.71. The number of rotatable bonds is 3. The van der Waals surface area contributed by atoms with Crippen molar-refractivity contribution in [3.05, 3.63) is 28.6 Å². The van der Waals surface area contributed by atoms with Crippen LogP contribution in [0.2, 0.25) is 0 Å². The molecule has 2 heterocycles. The molecule has 0 radical (unpaired) electrons. The van der Waals surface area contributed by atoms with E-state index < -0.39 is 0 Å². The van der Waals surface area contributed by atoms with E-state index in [1.54, 1.807) is 16.9 Å². The van der Waals surface area contributed by atoms with Crippen molar-refractivity contribution in [1.82, 2.24) is 19.7 Å².